The van der Waals surface area contributed by atoms with Crippen LogP contribution in [0.2, 0.25) is 0 Å². The summed E-state index contributed by atoms with van der Waals surface area (Å²) in [6, 6.07) is 14.1. The van der Waals surface area contributed by atoms with E-state index in [-0.39, 0.29) is 10.9 Å². The number of nitrogens with one attached hydrogen (secondary N) is 2. The second kappa shape index (κ2) is 8.71. The number of rotatable bonds is 7. The molecule has 0 saturated carbocycles. The van der Waals surface area contributed by atoms with Gasteiger partial charge >= 0.3 is 6.03 Å². The molecule has 2 amide bonds. The number of nitrogens with zero attached hydrogens (tertiary/aromatic N) is 1. The van der Waals surface area contributed by atoms with Crippen molar-refractivity contribution < 1.29 is 13.2 Å². The summed E-state index contributed by atoms with van der Waals surface area (Å²) in [5.74, 6) is 0. The maximum absolute atomic E-state index is 11.9. The fourth-order valence-corrected chi connectivity index (χ4v) is 3.05. The van der Waals surface area contributed by atoms with Gasteiger partial charge in [0.05, 0.1) is 4.90 Å². The average molecular weight is 375 g/mol. The summed E-state index contributed by atoms with van der Waals surface area (Å²) in [4.78, 5) is 14.2. The van der Waals surface area contributed by atoms with E-state index in [0.717, 1.165) is 24.8 Å². The fourth-order valence-electron chi connectivity index (χ4n) is 2.42. The lowest BCUT2D eigenvalue weighted by Gasteiger charge is -2.12. The van der Waals surface area contributed by atoms with Crippen molar-refractivity contribution >= 4 is 27.2 Å². The number of carbonyl (C=O) groups is 1. The molecule has 0 aliphatic heterocycles. The largest absolute Gasteiger partial charge is 0.378 e. The smallest absolute Gasteiger partial charge is 0.319 e. The first-order valence-electron chi connectivity index (χ1n) is 8.37. The summed E-state index contributed by atoms with van der Waals surface area (Å²) in [7, 11) is 0.782. The minimum atomic E-state index is -3.23. The van der Waals surface area contributed by atoms with Crippen LogP contribution in [0.1, 0.15) is 12.0 Å². The number of carbonyl (C=O) groups excluding carboxylic acids is 1. The Morgan fingerprint density at radius 1 is 1.00 bits per heavy atom. The molecule has 2 N–H and O–H groups in total. The Morgan fingerprint density at radius 3 is 2.15 bits per heavy atom. The number of amides is 2. The highest BCUT2D eigenvalue weighted by Gasteiger charge is 2.07. The third kappa shape index (κ3) is 6.07. The molecule has 0 spiro atoms. The number of benzene rings is 2. The van der Waals surface area contributed by atoms with Crippen LogP contribution in [0.15, 0.2) is 53.4 Å². The molecule has 2 aromatic carbocycles. The Balaban J connectivity index is 1.73. The van der Waals surface area contributed by atoms with E-state index in [1.807, 2.05) is 14.1 Å². The zero-order valence-electron chi connectivity index (χ0n) is 15.3. The first kappa shape index (κ1) is 19.8. The highest BCUT2D eigenvalue weighted by Crippen LogP contribution is 2.14. The lowest BCUT2D eigenvalue weighted by molar-refractivity contribution is 0.252. The van der Waals surface area contributed by atoms with Gasteiger partial charge in [0.15, 0.2) is 9.84 Å². The number of aryl methyl sites for hydroxylation is 1. The van der Waals surface area contributed by atoms with E-state index >= 15 is 0 Å². The monoisotopic (exact) mass is 375 g/mol. The van der Waals surface area contributed by atoms with Crippen LogP contribution in [0.3, 0.4) is 0 Å². The van der Waals surface area contributed by atoms with E-state index in [1.54, 1.807) is 12.1 Å². The Bertz CT molecular complexity index is 829. The van der Waals surface area contributed by atoms with Gasteiger partial charge in [-0.3, -0.25) is 0 Å². The van der Waals surface area contributed by atoms with Gasteiger partial charge in [-0.05, 0) is 54.8 Å². The normalized spacial score (nSPS) is 11.0. The molecule has 7 heteroatoms. The van der Waals surface area contributed by atoms with Crippen LogP contribution in [-0.4, -0.2) is 41.3 Å². The van der Waals surface area contributed by atoms with E-state index in [0.29, 0.717) is 12.2 Å². The molecule has 26 heavy (non-hydrogen) atoms. The summed E-state index contributed by atoms with van der Waals surface area (Å²) < 4.78 is 22.8. The molecule has 0 saturated heterocycles. The summed E-state index contributed by atoms with van der Waals surface area (Å²) in [5.41, 5.74) is 2.94. The molecule has 0 aliphatic carbocycles. The lowest BCUT2D eigenvalue weighted by Crippen LogP contribution is -2.29. The predicted molar refractivity (Wildman–Crippen MR) is 106 cm³/mol. The van der Waals surface area contributed by atoms with E-state index < -0.39 is 9.84 Å². The second-order valence-electron chi connectivity index (χ2n) is 6.34. The molecule has 0 aliphatic rings. The Hall–Kier alpha value is -2.54. The van der Waals surface area contributed by atoms with Crippen molar-refractivity contribution in [3.63, 3.8) is 0 Å². The van der Waals surface area contributed by atoms with Crippen molar-refractivity contribution in [3.8, 4) is 0 Å². The first-order chi connectivity index (χ1) is 12.3. The van der Waals surface area contributed by atoms with Crippen LogP contribution in [-0.2, 0) is 16.3 Å². The molecular formula is C19H25N3O3S. The zero-order valence-corrected chi connectivity index (χ0v) is 16.1. The van der Waals surface area contributed by atoms with Crippen LogP contribution in [0.4, 0.5) is 16.2 Å². The van der Waals surface area contributed by atoms with E-state index in [1.165, 1.54) is 17.7 Å². The van der Waals surface area contributed by atoms with Crippen molar-refractivity contribution in [3.05, 3.63) is 54.1 Å². The summed E-state index contributed by atoms with van der Waals surface area (Å²) >= 11 is 0. The molecule has 0 radical (unpaired) electrons. The molecule has 2 rings (SSSR count). The number of sulfone groups is 1. The molecule has 0 atom stereocenters. The number of hydrogen-bond donors (Lipinski definition) is 2. The lowest BCUT2D eigenvalue weighted by atomic mass is 10.1. The molecule has 0 unspecified atom stereocenters. The first-order valence-corrected chi connectivity index (χ1v) is 10.3. The van der Waals surface area contributed by atoms with Crippen LogP contribution in [0.5, 0.6) is 0 Å². The van der Waals surface area contributed by atoms with E-state index in [2.05, 4.69) is 39.8 Å². The van der Waals surface area contributed by atoms with Crippen LogP contribution in [0, 0.1) is 0 Å². The zero-order chi connectivity index (χ0) is 19.2. The van der Waals surface area contributed by atoms with Crippen LogP contribution < -0.4 is 15.5 Å². The Labute approximate surface area is 155 Å². The van der Waals surface area contributed by atoms with E-state index in [9.17, 15) is 13.2 Å². The van der Waals surface area contributed by atoms with Crippen LogP contribution in [0.25, 0.3) is 0 Å². The molecule has 6 nitrogen and oxygen atoms in total. The SMILES string of the molecule is CN(C)c1ccc(CCCNC(=O)Nc2ccc(S(C)(=O)=O)cc2)cc1. The fraction of sp³-hybridized carbons (Fsp3) is 0.316. The second-order valence-corrected chi connectivity index (χ2v) is 8.36. The highest BCUT2D eigenvalue weighted by molar-refractivity contribution is 7.90. The van der Waals surface area contributed by atoms with Crippen molar-refractivity contribution in [2.45, 2.75) is 17.7 Å². The van der Waals surface area contributed by atoms with Gasteiger partial charge in [0, 0.05) is 38.3 Å². The quantitative estimate of drug-likeness (QED) is 0.730. The molecule has 0 bridgehead atoms. The Morgan fingerprint density at radius 2 is 1.62 bits per heavy atom. The van der Waals surface area contributed by atoms with Crippen molar-refractivity contribution in [2.75, 3.05) is 37.1 Å². The standard InChI is InChI=1S/C19H25N3O3S/c1-22(2)17-10-6-15(7-11-17)5-4-14-20-19(23)21-16-8-12-18(13-9-16)26(3,24)25/h6-13H,4-5,14H2,1-3H3,(H2,20,21,23). The van der Waals surface area contributed by atoms with Crippen molar-refractivity contribution in [2.24, 2.45) is 0 Å². The average Bonchev–Trinajstić information content (AvgIpc) is 2.59. The molecule has 0 fully saturated rings. The summed E-state index contributed by atoms with van der Waals surface area (Å²) in [6.07, 6.45) is 2.87. The van der Waals surface area contributed by atoms with Crippen molar-refractivity contribution in [1.29, 1.82) is 0 Å². The van der Waals surface area contributed by atoms with Gasteiger partial charge in [-0.15, -0.1) is 0 Å². The van der Waals surface area contributed by atoms with Gasteiger partial charge in [-0.1, -0.05) is 12.1 Å². The molecular weight excluding hydrogens is 350 g/mol. The minimum absolute atomic E-state index is 0.226. The van der Waals surface area contributed by atoms with Gasteiger partial charge in [0.2, 0.25) is 0 Å². The Kier molecular flexibility index (Phi) is 6.63. The van der Waals surface area contributed by atoms with Crippen molar-refractivity contribution in [1.82, 2.24) is 5.32 Å². The highest BCUT2D eigenvalue weighted by atomic mass is 32.2. The van der Waals surface area contributed by atoms with Gasteiger partial charge < -0.3 is 15.5 Å². The molecule has 2 aromatic rings. The van der Waals surface area contributed by atoms with Crippen LogP contribution >= 0.6 is 0 Å². The topological polar surface area (TPSA) is 78.5 Å². The summed E-state index contributed by atoms with van der Waals surface area (Å²) in [5, 5.41) is 5.49. The number of anilines is 2. The maximum Gasteiger partial charge on any atom is 0.319 e. The predicted octanol–water partition coefficient (Wildman–Crippen LogP) is 2.91. The number of urea groups is 1. The molecule has 140 valence electrons. The molecule has 0 heterocycles. The minimum Gasteiger partial charge on any atom is -0.378 e. The summed E-state index contributed by atoms with van der Waals surface area (Å²) in [6.45, 7) is 0.558. The third-order valence-corrected chi connectivity index (χ3v) is 5.05. The van der Waals surface area contributed by atoms with E-state index in [4.69, 9.17) is 0 Å². The van der Waals surface area contributed by atoms with Gasteiger partial charge in [-0.25, -0.2) is 13.2 Å². The maximum atomic E-state index is 11.9. The third-order valence-electron chi connectivity index (χ3n) is 3.92. The van der Waals surface area contributed by atoms with Gasteiger partial charge in [0.25, 0.3) is 0 Å². The molecule has 0 aromatic heterocycles. The number of hydrogen-bond acceptors (Lipinski definition) is 4. The van der Waals surface area contributed by atoms with Gasteiger partial charge in [0.1, 0.15) is 0 Å². The van der Waals surface area contributed by atoms with Gasteiger partial charge in [-0.2, -0.15) is 0 Å².